The number of nitrogens with two attached hydrogens (primary N) is 1. The number of para-hydroxylation sites is 1. The van der Waals surface area contributed by atoms with Crippen molar-refractivity contribution in [1.29, 1.82) is 0 Å². The smallest absolute Gasteiger partial charge is 0.227 e. The van der Waals surface area contributed by atoms with Gasteiger partial charge < -0.3 is 15.8 Å². The highest BCUT2D eigenvalue weighted by molar-refractivity contribution is 5.79. The van der Waals surface area contributed by atoms with Gasteiger partial charge in [-0.1, -0.05) is 18.2 Å². The van der Waals surface area contributed by atoms with Gasteiger partial charge in [0.2, 0.25) is 5.91 Å². The highest BCUT2D eigenvalue weighted by atomic mass is 16.5. The summed E-state index contributed by atoms with van der Waals surface area (Å²) in [7, 11) is 0. The first kappa shape index (κ1) is 11.9. The summed E-state index contributed by atoms with van der Waals surface area (Å²) in [6.07, 6.45) is 0.735. The van der Waals surface area contributed by atoms with Crippen LogP contribution in [0.5, 0.6) is 5.75 Å². The van der Waals surface area contributed by atoms with Crippen molar-refractivity contribution in [1.82, 2.24) is 5.32 Å². The van der Waals surface area contributed by atoms with Gasteiger partial charge in [0.05, 0.1) is 5.92 Å². The number of hydrogen-bond donors (Lipinski definition) is 2. The van der Waals surface area contributed by atoms with E-state index in [-0.39, 0.29) is 17.9 Å². The van der Waals surface area contributed by atoms with Gasteiger partial charge in [0.25, 0.3) is 0 Å². The van der Waals surface area contributed by atoms with Crippen LogP contribution in [0.2, 0.25) is 0 Å². The summed E-state index contributed by atoms with van der Waals surface area (Å²) >= 11 is 0. The Morgan fingerprint density at radius 2 is 2.35 bits per heavy atom. The van der Waals surface area contributed by atoms with E-state index in [9.17, 15) is 4.79 Å². The molecule has 92 valence electrons. The van der Waals surface area contributed by atoms with E-state index in [0.29, 0.717) is 13.2 Å². The summed E-state index contributed by atoms with van der Waals surface area (Å²) in [5.41, 5.74) is 6.58. The number of carbonyl (C=O) groups is 1. The Hall–Kier alpha value is -1.55. The van der Waals surface area contributed by atoms with Crippen molar-refractivity contribution in [2.75, 3.05) is 13.2 Å². The summed E-state index contributed by atoms with van der Waals surface area (Å²) < 4.78 is 5.58. The van der Waals surface area contributed by atoms with Crippen molar-refractivity contribution < 1.29 is 9.53 Å². The minimum Gasteiger partial charge on any atom is -0.492 e. The lowest BCUT2D eigenvalue weighted by Crippen LogP contribution is -2.44. The highest BCUT2D eigenvalue weighted by Gasteiger charge is 2.26. The third-order valence-corrected chi connectivity index (χ3v) is 2.99. The van der Waals surface area contributed by atoms with Gasteiger partial charge in [-0.2, -0.15) is 0 Å². The van der Waals surface area contributed by atoms with Crippen molar-refractivity contribution in [2.24, 2.45) is 11.7 Å². The van der Waals surface area contributed by atoms with Crippen LogP contribution in [0.3, 0.4) is 0 Å². The molecule has 2 unspecified atom stereocenters. The van der Waals surface area contributed by atoms with E-state index in [1.165, 1.54) is 0 Å². The zero-order valence-corrected chi connectivity index (χ0v) is 9.98. The van der Waals surface area contributed by atoms with E-state index >= 15 is 0 Å². The van der Waals surface area contributed by atoms with Gasteiger partial charge in [0.15, 0.2) is 0 Å². The van der Waals surface area contributed by atoms with E-state index in [1.807, 2.05) is 31.2 Å². The lowest BCUT2D eigenvalue weighted by atomic mass is 9.96. The number of rotatable bonds is 3. The van der Waals surface area contributed by atoms with Crippen molar-refractivity contribution >= 4 is 5.91 Å². The van der Waals surface area contributed by atoms with Gasteiger partial charge >= 0.3 is 0 Å². The van der Waals surface area contributed by atoms with Crippen LogP contribution < -0.4 is 15.8 Å². The maximum atomic E-state index is 11.9. The molecule has 0 bridgehead atoms. The summed E-state index contributed by atoms with van der Waals surface area (Å²) in [4.78, 5) is 11.9. The molecule has 0 fully saturated rings. The standard InChI is InChI=1S/C13H18N2O2/c1-9(7-14)15-13(16)11-6-10-4-2-3-5-12(10)17-8-11/h2-5,9,11H,6-8,14H2,1H3,(H,15,16). The summed E-state index contributed by atoms with van der Waals surface area (Å²) in [6.45, 7) is 2.80. The zero-order valence-electron chi connectivity index (χ0n) is 9.98. The molecule has 0 aliphatic carbocycles. The fraction of sp³-hybridized carbons (Fsp3) is 0.462. The normalized spacial score (nSPS) is 20.0. The van der Waals surface area contributed by atoms with Gasteiger partial charge in [-0.3, -0.25) is 4.79 Å². The Morgan fingerprint density at radius 1 is 1.59 bits per heavy atom. The molecule has 2 rings (SSSR count). The van der Waals surface area contributed by atoms with E-state index in [4.69, 9.17) is 10.5 Å². The minimum absolute atomic E-state index is 0.0136. The van der Waals surface area contributed by atoms with Crippen molar-refractivity contribution in [2.45, 2.75) is 19.4 Å². The maximum absolute atomic E-state index is 11.9. The SMILES string of the molecule is CC(CN)NC(=O)C1COc2ccccc2C1. The molecule has 0 saturated carbocycles. The fourth-order valence-corrected chi connectivity index (χ4v) is 1.92. The molecule has 0 radical (unpaired) electrons. The van der Waals surface area contributed by atoms with Crippen LogP contribution in [0.1, 0.15) is 12.5 Å². The van der Waals surface area contributed by atoms with Crippen LogP contribution in [0.15, 0.2) is 24.3 Å². The lowest BCUT2D eigenvalue weighted by Gasteiger charge is -2.25. The Bertz CT molecular complexity index is 406. The summed E-state index contributed by atoms with van der Waals surface area (Å²) in [6, 6.07) is 7.85. The Labute approximate surface area is 101 Å². The third-order valence-electron chi connectivity index (χ3n) is 2.99. The predicted octanol–water partition coefficient (Wildman–Crippen LogP) is 0.701. The molecule has 0 spiro atoms. The second kappa shape index (κ2) is 5.19. The second-order valence-corrected chi connectivity index (χ2v) is 4.47. The molecule has 1 heterocycles. The van der Waals surface area contributed by atoms with E-state index in [0.717, 1.165) is 17.7 Å². The number of amides is 1. The minimum atomic E-state index is -0.112. The Morgan fingerprint density at radius 3 is 3.12 bits per heavy atom. The number of fused-ring (bicyclic) bond motifs is 1. The summed E-state index contributed by atoms with van der Waals surface area (Å²) in [5.74, 6) is 0.805. The maximum Gasteiger partial charge on any atom is 0.227 e. The van der Waals surface area contributed by atoms with E-state index in [1.54, 1.807) is 0 Å². The third kappa shape index (κ3) is 2.77. The van der Waals surface area contributed by atoms with Gasteiger partial charge in [-0.25, -0.2) is 0 Å². The molecular formula is C13H18N2O2. The molecule has 1 aliphatic rings. The number of hydrogen-bond acceptors (Lipinski definition) is 3. The van der Waals surface area contributed by atoms with E-state index in [2.05, 4.69) is 5.32 Å². The Kier molecular flexibility index (Phi) is 3.64. The molecule has 3 N–H and O–H groups in total. The van der Waals surface area contributed by atoms with Crippen LogP contribution in [-0.4, -0.2) is 25.1 Å². The quantitative estimate of drug-likeness (QED) is 0.809. The van der Waals surface area contributed by atoms with Crippen LogP contribution in [0.25, 0.3) is 0 Å². The highest BCUT2D eigenvalue weighted by Crippen LogP contribution is 2.26. The average Bonchev–Trinajstić information content (AvgIpc) is 2.38. The molecule has 4 heteroatoms. The molecule has 1 aliphatic heterocycles. The largest absolute Gasteiger partial charge is 0.492 e. The monoisotopic (exact) mass is 234 g/mol. The van der Waals surface area contributed by atoms with Crippen molar-refractivity contribution in [3.05, 3.63) is 29.8 Å². The van der Waals surface area contributed by atoms with Crippen LogP contribution >= 0.6 is 0 Å². The molecule has 2 atom stereocenters. The number of ether oxygens (including phenoxy) is 1. The molecule has 17 heavy (non-hydrogen) atoms. The zero-order chi connectivity index (χ0) is 12.3. The van der Waals surface area contributed by atoms with Crippen LogP contribution in [-0.2, 0) is 11.2 Å². The first-order valence-corrected chi connectivity index (χ1v) is 5.92. The molecule has 4 nitrogen and oxygen atoms in total. The molecule has 0 aromatic heterocycles. The van der Waals surface area contributed by atoms with E-state index < -0.39 is 0 Å². The average molecular weight is 234 g/mol. The fourth-order valence-electron chi connectivity index (χ4n) is 1.92. The molecule has 1 aromatic rings. The van der Waals surface area contributed by atoms with Gasteiger partial charge in [-0.05, 0) is 25.0 Å². The Balaban J connectivity index is 2.00. The number of benzene rings is 1. The molecule has 0 saturated heterocycles. The number of carbonyl (C=O) groups excluding carboxylic acids is 1. The first-order chi connectivity index (χ1) is 8.20. The number of nitrogens with one attached hydrogen (secondary N) is 1. The summed E-state index contributed by atoms with van der Waals surface area (Å²) in [5, 5.41) is 2.89. The van der Waals surface area contributed by atoms with Crippen LogP contribution in [0.4, 0.5) is 0 Å². The van der Waals surface area contributed by atoms with Gasteiger partial charge in [0, 0.05) is 12.6 Å². The topological polar surface area (TPSA) is 64.3 Å². The lowest BCUT2D eigenvalue weighted by molar-refractivity contribution is -0.126. The second-order valence-electron chi connectivity index (χ2n) is 4.47. The van der Waals surface area contributed by atoms with Crippen LogP contribution in [0, 0.1) is 5.92 Å². The molecule has 1 aromatic carbocycles. The van der Waals surface area contributed by atoms with Crippen molar-refractivity contribution in [3.63, 3.8) is 0 Å². The predicted molar refractivity (Wildman–Crippen MR) is 65.8 cm³/mol. The molecule has 1 amide bonds. The van der Waals surface area contributed by atoms with Gasteiger partial charge in [0.1, 0.15) is 12.4 Å². The van der Waals surface area contributed by atoms with Gasteiger partial charge in [-0.15, -0.1) is 0 Å². The van der Waals surface area contributed by atoms with Crippen molar-refractivity contribution in [3.8, 4) is 5.75 Å². The molecular weight excluding hydrogens is 216 g/mol. The first-order valence-electron chi connectivity index (χ1n) is 5.92.